The second-order valence-corrected chi connectivity index (χ2v) is 12.8. The second-order valence-electron chi connectivity index (χ2n) is 12.8. The SMILES string of the molecule is CCc1c(F)ccc2cc(OCOC)cc(-c3ncc4c(N5CCOCC[C@H]5C)nc(OC[C@@]56CCCN5C[C@H](F)C6)nc4c3F)c12. The van der Waals surface area contributed by atoms with Crippen molar-refractivity contribution in [2.24, 2.45) is 0 Å². The Balaban J connectivity index is 1.39. The van der Waals surface area contributed by atoms with Gasteiger partial charge in [-0.1, -0.05) is 13.0 Å². The van der Waals surface area contributed by atoms with Crippen molar-refractivity contribution in [2.45, 2.75) is 63.7 Å². The van der Waals surface area contributed by atoms with Crippen LogP contribution in [0.25, 0.3) is 32.9 Å². The van der Waals surface area contributed by atoms with Crippen LogP contribution in [0.1, 0.15) is 45.1 Å². The summed E-state index contributed by atoms with van der Waals surface area (Å²) in [6, 6.07) is 6.56. The van der Waals surface area contributed by atoms with Gasteiger partial charge in [0.15, 0.2) is 12.6 Å². The van der Waals surface area contributed by atoms with Crippen molar-refractivity contribution in [2.75, 3.05) is 58.3 Å². The fourth-order valence-corrected chi connectivity index (χ4v) is 7.58. The molecule has 3 fully saturated rings. The molecule has 0 unspecified atom stereocenters. The standard InChI is InChI=1S/C35H40F3N5O4/c1-4-25-28(37)7-6-22-14-24(47-20-44-3)15-26(29(22)25)31-30(38)32-27(17-39-31)33(43-11-13-45-12-8-21(43)2)41-34(40-32)46-19-35-9-5-10-42(35)18-23(36)16-35/h6-7,14-15,17,21,23H,4-5,8-13,16,18-20H2,1-3H3/t21-,23-,35+/m1/s1. The number of nitrogens with zero attached hydrogens (tertiary/aromatic N) is 5. The Morgan fingerprint density at radius 2 is 1.98 bits per heavy atom. The van der Waals surface area contributed by atoms with Crippen molar-refractivity contribution in [3.05, 3.63) is 47.7 Å². The van der Waals surface area contributed by atoms with Crippen molar-refractivity contribution in [3.63, 3.8) is 0 Å². The first kappa shape index (κ1) is 31.8. The highest BCUT2D eigenvalue weighted by Crippen LogP contribution is 2.42. The highest BCUT2D eigenvalue weighted by Gasteiger charge is 2.49. The predicted octanol–water partition coefficient (Wildman–Crippen LogP) is 6.24. The summed E-state index contributed by atoms with van der Waals surface area (Å²) in [5, 5.41) is 1.66. The molecule has 0 amide bonds. The number of fused-ring (bicyclic) bond motifs is 3. The Morgan fingerprint density at radius 1 is 1.11 bits per heavy atom. The fraction of sp³-hybridized carbons (Fsp3) is 0.514. The number of ether oxygens (including phenoxy) is 4. The van der Waals surface area contributed by atoms with Gasteiger partial charge in [-0.25, -0.2) is 13.2 Å². The number of rotatable bonds is 9. The highest BCUT2D eigenvalue weighted by molar-refractivity contribution is 6.01. The van der Waals surface area contributed by atoms with Crippen molar-refractivity contribution in [1.29, 1.82) is 0 Å². The molecular formula is C35H40F3N5O4. The van der Waals surface area contributed by atoms with Crippen LogP contribution in [0.15, 0.2) is 30.5 Å². The number of halogens is 3. The summed E-state index contributed by atoms with van der Waals surface area (Å²) in [7, 11) is 1.51. The fourth-order valence-electron chi connectivity index (χ4n) is 7.58. The van der Waals surface area contributed by atoms with Crippen LogP contribution in [0.2, 0.25) is 0 Å². The molecule has 3 saturated heterocycles. The maximum absolute atomic E-state index is 17.0. The molecule has 0 N–H and O–H groups in total. The molecule has 250 valence electrons. The van der Waals surface area contributed by atoms with Gasteiger partial charge in [-0.2, -0.15) is 9.97 Å². The van der Waals surface area contributed by atoms with Crippen LogP contribution in [0.3, 0.4) is 0 Å². The van der Waals surface area contributed by atoms with Crippen LogP contribution in [0.5, 0.6) is 11.8 Å². The zero-order chi connectivity index (χ0) is 32.7. The number of methoxy groups -OCH3 is 1. The zero-order valence-corrected chi connectivity index (χ0v) is 27.0. The Kier molecular flexibility index (Phi) is 8.84. The molecule has 0 radical (unpaired) electrons. The summed E-state index contributed by atoms with van der Waals surface area (Å²) in [5.74, 6) is -0.137. The molecule has 5 heterocycles. The first-order valence-electron chi connectivity index (χ1n) is 16.4. The van der Waals surface area contributed by atoms with Gasteiger partial charge in [0.05, 0.1) is 17.5 Å². The Labute approximate surface area is 272 Å². The summed E-state index contributed by atoms with van der Waals surface area (Å²) in [4.78, 5) is 18.3. The van der Waals surface area contributed by atoms with E-state index in [9.17, 15) is 4.39 Å². The van der Waals surface area contributed by atoms with Gasteiger partial charge in [-0.3, -0.25) is 9.88 Å². The van der Waals surface area contributed by atoms with Crippen molar-refractivity contribution < 1.29 is 32.1 Å². The average molecular weight is 652 g/mol. The summed E-state index contributed by atoms with van der Waals surface area (Å²) >= 11 is 0. The second kappa shape index (κ2) is 13.0. The molecule has 0 spiro atoms. The van der Waals surface area contributed by atoms with E-state index >= 15 is 8.78 Å². The highest BCUT2D eigenvalue weighted by atomic mass is 19.1. The molecule has 47 heavy (non-hydrogen) atoms. The number of benzene rings is 2. The largest absolute Gasteiger partial charge is 0.468 e. The third-order valence-corrected chi connectivity index (χ3v) is 9.93. The molecule has 3 aliphatic heterocycles. The number of hydrogen-bond acceptors (Lipinski definition) is 9. The summed E-state index contributed by atoms with van der Waals surface area (Å²) < 4.78 is 69.6. The molecule has 0 bridgehead atoms. The minimum absolute atomic E-state index is 0.00476. The van der Waals surface area contributed by atoms with Crippen LogP contribution >= 0.6 is 0 Å². The summed E-state index contributed by atoms with van der Waals surface area (Å²) in [5.41, 5.74) is 0.444. The first-order chi connectivity index (χ1) is 22.8. The summed E-state index contributed by atoms with van der Waals surface area (Å²) in [6.07, 6.45) is 4.00. The van der Waals surface area contributed by atoms with E-state index in [-0.39, 0.29) is 42.5 Å². The smallest absolute Gasteiger partial charge is 0.319 e. The molecule has 12 heteroatoms. The Bertz CT molecular complexity index is 1790. The van der Waals surface area contributed by atoms with Crippen LogP contribution < -0.4 is 14.4 Å². The van der Waals surface area contributed by atoms with Crippen LogP contribution in [0, 0.1) is 11.6 Å². The van der Waals surface area contributed by atoms with Crippen molar-refractivity contribution in [3.8, 4) is 23.0 Å². The van der Waals surface area contributed by atoms with Crippen LogP contribution in [-0.2, 0) is 15.9 Å². The minimum Gasteiger partial charge on any atom is -0.468 e. The number of hydrogen-bond donors (Lipinski definition) is 0. The Morgan fingerprint density at radius 3 is 2.81 bits per heavy atom. The van der Waals surface area contributed by atoms with E-state index in [0.717, 1.165) is 25.8 Å². The van der Waals surface area contributed by atoms with E-state index in [1.165, 1.54) is 13.2 Å². The maximum Gasteiger partial charge on any atom is 0.319 e. The number of aromatic nitrogens is 3. The number of alkyl halides is 1. The van der Waals surface area contributed by atoms with Gasteiger partial charge < -0.3 is 23.8 Å². The molecule has 9 nitrogen and oxygen atoms in total. The van der Waals surface area contributed by atoms with Gasteiger partial charge in [-0.15, -0.1) is 0 Å². The molecule has 3 atom stereocenters. The molecule has 2 aromatic heterocycles. The van der Waals surface area contributed by atoms with Gasteiger partial charge in [0, 0.05) is 51.0 Å². The first-order valence-corrected chi connectivity index (χ1v) is 16.4. The van der Waals surface area contributed by atoms with Crippen LogP contribution in [-0.4, -0.2) is 91.0 Å². The van der Waals surface area contributed by atoms with E-state index in [4.69, 9.17) is 23.9 Å². The number of pyridine rings is 1. The van der Waals surface area contributed by atoms with Crippen molar-refractivity contribution >= 4 is 27.5 Å². The van der Waals surface area contributed by atoms with Crippen LogP contribution in [0.4, 0.5) is 19.0 Å². The molecular weight excluding hydrogens is 611 g/mol. The van der Waals surface area contributed by atoms with Crippen molar-refractivity contribution in [1.82, 2.24) is 19.9 Å². The monoisotopic (exact) mass is 651 g/mol. The molecule has 2 aromatic carbocycles. The minimum atomic E-state index is -0.910. The predicted molar refractivity (Wildman–Crippen MR) is 173 cm³/mol. The zero-order valence-electron chi connectivity index (χ0n) is 27.0. The molecule has 0 aliphatic carbocycles. The van der Waals surface area contributed by atoms with Gasteiger partial charge in [0.2, 0.25) is 0 Å². The topological polar surface area (TPSA) is 82.1 Å². The van der Waals surface area contributed by atoms with E-state index < -0.39 is 17.5 Å². The van der Waals surface area contributed by atoms with E-state index in [1.807, 2.05) is 6.92 Å². The lowest BCUT2D eigenvalue weighted by atomic mass is 9.94. The van der Waals surface area contributed by atoms with E-state index in [2.05, 4.69) is 26.7 Å². The average Bonchev–Trinajstić information content (AvgIpc) is 3.50. The van der Waals surface area contributed by atoms with Gasteiger partial charge in [-0.05, 0) is 73.7 Å². The third kappa shape index (κ3) is 5.84. The van der Waals surface area contributed by atoms with E-state index in [1.54, 1.807) is 24.4 Å². The summed E-state index contributed by atoms with van der Waals surface area (Å²) in [6.45, 7) is 6.98. The van der Waals surface area contributed by atoms with E-state index in [0.29, 0.717) is 78.0 Å². The molecule has 0 saturated carbocycles. The third-order valence-electron chi connectivity index (χ3n) is 9.93. The molecule has 3 aliphatic rings. The quantitative estimate of drug-likeness (QED) is 0.196. The maximum atomic E-state index is 17.0. The van der Waals surface area contributed by atoms with Gasteiger partial charge in [0.25, 0.3) is 0 Å². The molecule has 7 rings (SSSR count). The lowest BCUT2D eigenvalue weighted by Crippen LogP contribution is -2.43. The van der Waals surface area contributed by atoms with Gasteiger partial charge >= 0.3 is 6.01 Å². The lowest BCUT2D eigenvalue weighted by Gasteiger charge is -2.31. The Hall–Kier alpha value is -3.74. The number of aryl methyl sites for hydroxylation is 1. The number of anilines is 1. The van der Waals surface area contributed by atoms with Gasteiger partial charge in [0.1, 0.15) is 41.4 Å². The molecule has 4 aromatic rings. The lowest BCUT2D eigenvalue weighted by molar-refractivity contribution is 0.0512. The normalized spacial score (nSPS) is 23.4.